The third kappa shape index (κ3) is 3.42. The molecule has 3 heteroatoms. The molecule has 0 spiro atoms. The Hall–Kier alpha value is -1.66. The van der Waals surface area contributed by atoms with E-state index in [9.17, 15) is 0 Å². The van der Waals surface area contributed by atoms with Gasteiger partial charge < -0.3 is 24.8 Å². The number of rotatable bonds is 3. The van der Waals surface area contributed by atoms with Crippen LogP contribution in [0, 0.1) is 0 Å². The summed E-state index contributed by atoms with van der Waals surface area (Å²) in [6, 6.07) is 27.1. The summed E-state index contributed by atoms with van der Waals surface area (Å²) in [5, 5.41) is 0. The first kappa shape index (κ1) is 21.6. The van der Waals surface area contributed by atoms with Crippen LogP contribution in [-0.2, 0) is 21.8 Å². The van der Waals surface area contributed by atoms with Crippen molar-refractivity contribution in [1.29, 1.82) is 0 Å². The number of allylic oxidation sites excluding steroid dienone is 3. The molecule has 0 amide bonds. The summed E-state index contributed by atoms with van der Waals surface area (Å²) < 4.78 is 1.88. The molecule has 3 atom stereocenters. The molecule has 0 heterocycles. The molecule has 0 radical (unpaired) electrons. The maximum atomic E-state index is 2.53. The van der Waals surface area contributed by atoms with Crippen LogP contribution in [0.5, 0.6) is 0 Å². The van der Waals surface area contributed by atoms with Crippen LogP contribution in [0.2, 0.25) is 0 Å². The minimum atomic E-state index is -2.13. The molecule has 0 fully saturated rings. The Labute approximate surface area is 198 Å². The molecule has 147 valence electrons. The van der Waals surface area contributed by atoms with Gasteiger partial charge in [-0.15, -0.1) is 0 Å². The van der Waals surface area contributed by atoms with Crippen LogP contribution < -0.4 is 24.8 Å². The van der Waals surface area contributed by atoms with E-state index >= 15 is 0 Å². The standard InChI is InChI=1S/3C9H7.2ClH.Zr/c3*1-2-5-9-7-3-6-8(9)4-1;;;/h3*1-7H;2*1H;/q;;;;;+2/p-2. The summed E-state index contributed by atoms with van der Waals surface area (Å²) in [7, 11) is 0. The largest absolute Gasteiger partial charge is 1.00 e. The summed E-state index contributed by atoms with van der Waals surface area (Å²) in [5.74, 6) is 0. The molecule has 0 nitrogen and oxygen atoms in total. The van der Waals surface area contributed by atoms with Gasteiger partial charge in [0.25, 0.3) is 0 Å². The second-order valence-corrected chi connectivity index (χ2v) is 14.9. The van der Waals surface area contributed by atoms with E-state index in [0.717, 1.165) is 0 Å². The van der Waals surface area contributed by atoms with Crippen molar-refractivity contribution in [2.45, 2.75) is 10.9 Å². The fraction of sp³-hybridized carbons (Fsp3) is 0.111. The first-order valence-corrected chi connectivity index (χ1v) is 14.3. The first-order chi connectivity index (χ1) is 13.9. The molecular weight excluding hydrogens is 486 g/mol. The summed E-state index contributed by atoms with van der Waals surface area (Å²) in [5.41, 5.74) is 8.97. The van der Waals surface area contributed by atoms with Crippen molar-refractivity contribution in [3.05, 3.63) is 124 Å². The number of benzene rings is 3. The molecule has 0 aliphatic heterocycles. The molecule has 3 aromatic rings. The van der Waals surface area contributed by atoms with E-state index in [2.05, 4.69) is 109 Å². The number of halogens is 2. The molecule has 0 saturated carbocycles. The topological polar surface area (TPSA) is 0 Å². The fourth-order valence-corrected chi connectivity index (χ4v) is 15.0. The fourth-order valence-electron chi connectivity index (χ4n) is 5.20. The minimum Gasteiger partial charge on any atom is -1.00 e. The monoisotopic (exact) mass is 505 g/mol. The molecule has 30 heavy (non-hydrogen) atoms. The van der Waals surface area contributed by atoms with Crippen molar-refractivity contribution in [2.24, 2.45) is 0 Å². The summed E-state index contributed by atoms with van der Waals surface area (Å²) in [4.78, 5) is 0. The van der Waals surface area contributed by atoms with E-state index in [1.807, 2.05) is 0 Å². The number of hydrogen-bond acceptors (Lipinski definition) is 0. The minimum absolute atomic E-state index is 0. The molecule has 0 N–H and O–H groups in total. The summed E-state index contributed by atoms with van der Waals surface area (Å²) >= 11 is -2.13. The average molecular weight is 508 g/mol. The van der Waals surface area contributed by atoms with E-state index < -0.39 is 21.8 Å². The zero-order valence-electron chi connectivity index (χ0n) is 16.4. The van der Waals surface area contributed by atoms with Gasteiger partial charge in [0.1, 0.15) is 0 Å². The van der Waals surface area contributed by atoms with Crippen LogP contribution in [0.4, 0.5) is 0 Å². The van der Waals surface area contributed by atoms with Crippen molar-refractivity contribution in [1.82, 2.24) is 0 Å². The van der Waals surface area contributed by atoms with E-state index in [1.54, 1.807) is 16.7 Å². The van der Waals surface area contributed by atoms with Crippen molar-refractivity contribution >= 4 is 18.2 Å². The Morgan fingerprint density at radius 3 is 1.07 bits per heavy atom. The third-order valence-corrected chi connectivity index (χ3v) is 15.5. The van der Waals surface area contributed by atoms with E-state index in [0.29, 0.717) is 10.9 Å². The predicted octanol–water partition coefficient (Wildman–Crippen LogP) is 0.917. The SMILES string of the molecule is C1=C[CH]([Zr+2]([CH]2C=Cc3ccccc32)[CH]2C=Cc3ccccc32)c2ccccc21.[Cl-].[Cl-]. The Morgan fingerprint density at radius 2 is 0.733 bits per heavy atom. The van der Waals surface area contributed by atoms with Crippen LogP contribution in [0.1, 0.15) is 44.3 Å². The van der Waals surface area contributed by atoms with Crippen LogP contribution in [0.3, 0.4) is 0 Å². The zero-order chi connectivity index (χ0) is 18.5. The van der Waals surface area contributed by atoms with Crippen LogP contribution in [-0.4, -0.2) is 0 Å². The molecule has 0 bridgehead atoms. The van der Waals surface area contributed by atoms with Gasteiger partial charge in [-0.05, 0) is 0 Å². The van der Waals surface area contributed by atoms with Crippen molar-refractivity contribution in [2.75, 3.05) is 0 Å². The van der Waals surface area contributed by atoms with E-state index in [1.165, 1.54) is 16.7 Å². The van der Waals surface area contributed by atoms with Gasteiger partial charge in [0, 0.05) is 0 Å². The number of fused-ring (bicyclic) bond motifs is 3. The van der Waals surface area contributed by atoms with Crippen molar-refractivity contribution in [3.8, 4) is 0 Å². The summed E-state index contributed by atoms with van der Waals surface area (Å²) in [6.45, 7) is 0. The van der Waals surface area contributed by atoms with Crippen LogP contribution in [0.25, 0.3) is 18.2 Å². The average Bonchev–Trinajstić information content (AvgIpc) is 3.47. The first-order valence-electron chi connectivity index (χ1n) is 10.1. The number of hydrogen-bond donors (Lipinski definition) is 0. The van der Waals surface area contributed by atoms with Crippen LogP contribution in [0.15, 0.2) is 91.0 Å². The van der Waals surface area contributed by atoms with Gasteiger partial charge in [0.15, 0.2) is 0 Å². The van der Waals surface area contributed by atoms with Crippen molar-refractivity contribution < 1.29 is 46.6 Å². The normalized spacial score (nSPS) is 21.4. The van der Waals surface area contributed by atoms with Gasteiger partial charge >= 0.3 is 175 Å². The third-order valence-electron chi connectivity index (χ3n) is 6.48. The maximum absolute atomic E-state index is 2.53. The molecule has 3 unspecified atom stereocenters. The van der Waals surface area contributed by atoms with E-state index in [4.69, 9.17) is 0 Å². The smallest absolute Gasteiger partial charge is 1.00 e. The molecule has 3 aliphatic rings. The molecule has 3 aliphatic carbocycles. The van der Waals surface area contributed by atoms with Gasteiger partial charge in [0.05, 0.1) is 0 Å². The van der Waals surface area contributed by atoms with Gasteiger partial charge in [-0.2, -0.15) is 0 Å². The van der Waals surface area contributed by atoms with E-state index in [-0.39, 0.29) is 24.8 Å². The van der Waals surface area contributed by atoms with Gasteiger partial charge in [-0.3, -0.25) is 0 Å². The Kier molecular flexibility index (Phi) is 6.35. The molecule has 6 rings (SSSR count). The predicted molar refractivity (Wildman–Crippen MR) is 115 cm³/mol. The molecule has 0 saturated heterocycles. The maximum Gasteiger partial charge on any atom is -1.00 e. The molecule has 3 aromatic carbocycles. The quantitative estimate of drug-likeness (QED) is 0.495. The van der Waals surface area contributed by atoms with Gasteiger partial charge in [-0.25, -0.2) is 0 Å². The van der Waals surface area contributed by atoms with Crippen molar-refractivity contribution in [3.63, 3.8) is 0 Å². The Morgan fingerprint density at radius 1 is 0.433 bits per heavy atom. The zero-order valence-corrected chi connectivity index (χ0v) is 20.4. The Bertz CT molecular complexity index is 1010. The van der Waals surface area contributed by atoms with Gasteiger partial charge in [0.2, 0.25) is 0 Å². The summed E-state index contributed by atoms with van der Waals surface area (Å²) in [6.07, 6.45) is 14.7. The molecule has 0 aromatic heterocycles. The van der Waals surface area contributed by atoms with Crippen LogP contribution >= 0.6 is 0 Å². The van der Waals surface area contributed by atoms with Gasteiger partial charge in [-0.1, -0.05) is 0 Å². The second-order valence-electron chi connectivity index (χ2n) is 7.90. The molecular formula is C27H21Cl2Zr. The Balaban J connectivity index is 0.00000109. The second kappa shape index (κ2) is 8.84.